The molecule has 0 spiro atoms. The molecule has 1 N–H and O–H groups in total. The molecule has 2 amide bonds. The number of rotatable bonds is 8. The van der Waals surface area contributed by atoms with Crippen LogP contribution < -0.4 is 5.32 Å². The molecule has 0 radical (unpaired) electrons. The highest BCUT2D eigenvalue weighted by Crippen LogP contribution is 2.33. The van der Waals surface area contributed by atoms with E-state index >= 15 is 0 Å². The Bertz CT molecular complexity index is 734. The van der Waals surface area contributed by atoms with Gasteiger partial charge in [0.25, 0.3) is 5.91 Å². The molecular weight excluding hydrogens is 340 g/mol. The Morgan fingerprint density at radius 2 is 2.24 bits per heavy atom. The van der Waals surface area contributed by atoms with Gasteiger partial charge in [0.2, 0.25) is 5.91 Å². The van der Waals surface area contributed by atoms with E-state index in [-0.39, 0.29) is 17.7 Å². The van der Waals surface area contributed by atoms with Gasteiger partial charge in [-0.25, -0.2) is 0 Å². The molecule has 1 fully saturated rings. The predicted octanol–water partition coefficient (Wildman–Crippen LogP) is 3.29. The van der Waals surface area contributed by atoms with Crippen LogP contribution in [-0.4, -0.2) is 37.0 Å². The number of thiophene rings is 1. The monoisotopic (exact) mass is 362 g/mol. The number of hydrogen-bond acceptors (Lipinski definition) is 5. The second-order valence-corrected chi connectivity index (χ2v) is 7.24. The molecule has 0 aromatic carbocycles. The van der Waals surface area contributed by atoms with Crippen molar-refractivity contribution in [3.8, 4) is 0 Å². The SMILES string of the molecule is COCCN(Cc1ccco1)C(=O)c1sc(NC(=O)C2CC2)cc1C. The lowest BCUT2D eigenvalue weighted by atomic mass is 10.2. The molecule has 0 atom stereocenters. The number of hydrogen-bond donors (Lipinski definition) is 1. The molecule has 0 aliphatic heterocycles. The molecule has 0 unspecified atom stereocenters. The Morgan fingerprint density at radius 1 is 1.44 bits per heavy atom. The van der Waals surface area contributed by atoms with Crippen molar-refractivity contribution in [3.05, 3.63) is 40.7 Å². The first-order valence-electron chi connectivity index (χ1n) is 8.30. The number of aryl methyl sites for hydroxylation is 1. The number of amides is 2. The van der Waals surface area contributed by atoms with Crippen LogP contribution in [0.3, 0.4) is 0 Å². The van der Waals surface area contributed by atoms with Crippen LogP contribution in [0.15, 0.2) is 28.9 Å². The average Bonchev–Trinajstić information content (AvgIpc) is 3.21. The fourth-order valence-corrected chi connectivity index (χ4v) is 3.56. The van der Waals surface area contributed by atoms with E-state index in [2.05, 4.69) is 5.32 Å². The number of anilines is 1. The summed E-state index contributed by atoms with van der Waals surface area (Å²) >= 11 is 1.32. The standard InChI is InChI=1S/C18H22N2O4S/c1-12-10-15(19-17(21)13-5-6-13)25-16(12)18(22)20(7-9-23-2)11-14-4-3-8-24-14/h3-4,8,10,13H,5-7,9,11H2,1-2H3,(H,19,21). The van der Waals surface area contributed by atoms with Gasteiger partial charge in [-0.2, -0.15) is 0 Å². The second kappa shape index (κ2) is 7.84. The van der Waals surface area contributed by atoms with E-state index in [1.807, 2.05) is 19.1 Å². The minimum Gasteiger partial charge on any atom is -0.467 e. The van der Waals surface area contributed by atoms with Gasteiger partial charge in [-0.3, -0.25) is 9.59 Å². The number of ether oxygens (including phenoxy) is 1. The average molecular weight is 362 g/mol. The summed E-state index contributed by atoms with van der Waals surface area (Å²) < 4.78 is 10.5. The molecule has 1 aliphatic rings. The quantitative estimate of drug-likeness (QED) is 0.782. The Hall–Kier alpha value is -2.12. The molecule has 1 saturated carbocycles. The first-order chi connectivity index (χ1) is 12.1. The normalized spacial score (nSPS) is 13.7. The third-order valence-corrected chi connectivity index (χ3v) is 5.23. The van der Waals surface area contributed by atoms with Gasteiger partial charge in [-0.15, -0.1) is 11.3 Å². The van der Waals surface area contributed by atoms with E-state index in [0.717, 1.165) is 29.2 Å². The summed E-state index contributed by atoms with van der Waals surface area (Å²) in [5, 5.41) is 3.64. The molecule has 6 nitrogen and oxygen atoms in total. The zero-order chi connectivity index (χ0) is 17.8. The Balaban J connectivity index is 1.73. The molecule has 7 heteroatoms. The maximum atomic E-state index is 13.0. The van der Waals surface area contributed by atoms with Crippen molar-refractivity contribution in [3.63, 3.8) is 0 Å². The van der Waals surface area contributed by atoms with Crippen molar-refractivity contribution in [2.24, 2.45) is 5.92 Å². The minimum absolute atomic E-state index is 0.0482. The molecule has 25 heavy (non-hydrogen) atoms. The largest absolute Gasteiger partial charge is 0.467 e. The van der Waals surface area contributed by atoms with E-state index in [1.54, 1.807) is 24.3 Å². The van der Waals surface area contributed by atoms with Crippen LogP contribution in [0.5, 0.6) is 0 Å². The number of carbonyl (C=O) groups is 2. The van der Waals surface area contributed by atoms with Crippen LogP contribution in [0.2, 0.25) is 0 Å². The number of nitrogens with one attached hydrogen (secondary N) is 1. The van der Waals surface area contributed by atoms with Gasteiger partial charge in [-0.1, -0.05) is 0 Å². The lowest BCUT2D eigenvalue weighted by Gasteiger charge is -2.21. The van der Waals surface area contributed by atoms with Crippen LogP contribution in [0.4, 0.5) is 5.00 Å². The zero-order valence-electron chi connectivity index (χ0n) is 14.4. The van der Waals surface area contributed by atoms with Gasteiger partial charge in [0, 0.05) is 19.6 Å². The maximum absolute atomic E-state index is 13.0. The van der Waals surface area contributed by atoms with Gasteiger partial charge < -0.3 is 19.4 Å². The zero-order valence-corrected chi connectivity index (χ0v) is 15.2. The van der Waals surface area contributed by atoms with Crippen LogP contribution >= 0.6 is 11.3 Å². The Kier molecular flexibility index (Phi) is 5.55. The lowest BCUT2D eigenvalue weighted by molar-refractivity contribution is -0.117. The Labute approximate surface area is 150 Å². The van der Waals surface area contributed by atoms with Crippen molar-refractivity contribution in [2.75, 3.05) is 25.6 Å². The van der Waals surface area contributed by atoms with E-state index in [4.69, 9.17) is 9.15 Å². The molecule has 2 aromatic rings. The van der Waals surface area contributed by atoms with Crippen LogP contribution in [-0.2, 0) is 16.1 Å². The van der Waals surface area contributed by atoms with Crippen molar-refractivity contribution < 1.29 is 18.7 Å². The second-order valence-electron chi connectivity index (χ2n) is 6.19. The topological polar surface area (TPSA) is 71.8 Å². The van der Waals surface area contributed by atoms with Gasteiger partial charge in [0.15, 0.2) is 0 Å². The first-order valence-corrected chi connectivity index (χ1v) is 9.12. The van der Waals surface area contributed by atoms with Crippen LogP contribution in [0, 0.1) is 12.8 Å². The number of carbonyl (C=O) groups excluding carboxylic acids is 2. The summed E-state index contributed by atoms with van der Waals surface area (Å²) in [5.41, 5.74) is 0.864. The first kappa shape index (κ1) is 17.7. The third kappa shape index (κ3) is 4.49. The van der Waals surface area contributed by atoms with Crippen molar-refractivity contribution in [2.45, 2.75) is 26.3 Å². The summed E-state index contributed by atoms with van der Waals surface area (Å²) in [6, 6.07) is 5.51. The van der Waals surface area contributed by atoms with Crippen molar-refractivity contribution in [1.82, 2.24) is 4.90 Å². The number of nitrogens with zero attached hydrogens (tertiary/aromatic N) is 1. The highest BCUT2D eigenvalue weighted by molar-refractivity contribution is 7.18. The van der Waals surface area contributed by atoms with Crippen molar-refractivity contribution in [1.29, 1.82) is 0 Å². The molecule has 2 aromatic heterocycles. The number of methoxy groups -OCH3 is 1. The summed E-state index contributed by atoms with van der Waals surface area (Å²) in [5.74, 6) is 0.828. The summed E-state index contributed by atoms with van der Waals surface area (Å²) in [6.07, 6.45) is 3.50. The van der Waals surface area contributed by atoms with Gasteiger partial charge in [-0.05, 0) is 43.5 Å². The summed E-state index contributed by atoms with van der Waals surface area (Å²) in [7, 11) is 1.61. The number of furan rings is 1. The van der Waals surface area contributed by atoms with Gasteiger partial charge in [0.05, 0.1) is 29.3 Å². The molecule has 2 heterocycles. The van der Waals surface area contributed by atoms with Crippen molar-refractivity contribution >= 4 is 28.2 Å². The fraction of sp³-hybridized carbons (Fsp3) is 0.444. The molecule has 0 bridgehead atoms. The van der Waals surface area contributed by atoms with Crippen LogP contribution in [0.1, 0.15) is 33.8 Å². The summed E-state index contributed by atoms with van der Waals surface area (Å²) in [6.45, 7) is 3.19. The van der Waals surface area contributed by atoms with Crippen LogP contribution in [0.25, 0.3) is 0 Å². The molecule has 0 saturated heterocycles. The van der Waals surface area contributed by atoms with E-state index in [1.165, 1.54) is 11.3 Å². The smallest absolute Gasteiger partial charge is 0.264 e. The summed E-state index contributed by atoms with van der Waals surface area (Å²) in [4.78, 5) is 27.2. The highest BCUT2D eigenvalue weighted by Gasteiger charge is 2.30. The minimum atomic E-state index is -0.0807. The predicted molar refractivity (Wildman–Crippen MR) is 95.7 cm³/mol. The van der Waals surface area contributed by atoms with E-state index < -0.39 is 0 Å². The van der Waals surface area contributed by atoms with E-state index in [9.17, 15) is 9.59 Å². The third-order valence-electron chi connectivity index (χ3n) is 4.09. The fourth-order valence-electron chi connectivity index (χ4n) is 2.51. The lowest BCUT2D eigenvalue weighted by Crippen LogP contribution is -2.33. The molecular formula is C18H22N2O4S. The van der Waals surface area contributed by atoms with E-state index in [0.29, 0.717) is 24.6 Å². The molecule has 3 rings (SSSR count). The molecule has 1 aliphatic carbocycles. The highest BCUT2D eigenvalue weighted by atomic mass is 32.1. The van der Waals surface area contributed by atoms with Gasteiger partial charge in [0.1, 0.15) is 5.76 Å². The van der Waals surface area contributed by atoms with Gasteiger partial charge >= 0.3 is 0 Å². The Morgan fingerprint density at radius 3 is 2.88 bits per heavy atom. The molecule has 134 valence electrons. The maximum Gasteiger partial charge on any atom is 0.264 e.